The molecule has 2 aromatic carbocycles. The smallest absolute Gasteiger partial charge is 0.336 e. The highest BCUT2D eigenvalue weighted by molar-refractivity contribution is 6.04. The molecule has 1 N–H and O–H groups in total. The molecule has 0 aliphatic heterocycles. The summed E-state index contributed by atoms with van der Waals surface area (Å²) >= 11 is 0. The summed E-state index contributed by atoms with van der Waals surface area (Å²) in [6.45, 7) is 3.84. The van der Waals surface area contributed by atoms with Gasteiger partial charge >= 0.3 is 5.97 Å². The van der Waals surface area contributed by atoms with Crippen molar-refractivity contribution in [3.05, 3.63) is 69.6 Å². The molecule has 0 amide bonds. The van der Waals surface area contributed by atoms with E-state index in [-0.39, 0.29) is 5.56 Å². The molecule has 0 aliphatic rings. The van der Waals surface area contributed by atoms with E-state index in [0.717, 1.165) is 11.1 Å². The molecule has 1 aromatic heterocycles. The average molecular weight is 318 g/mol. The number of azide groups is 1. The monoisotopic (exact) mass is 318 g/mol. The Morgan fingerprint density at radius 1 is 1.21 bits per heavy atom. The molecule has 118 valence electrons. The number of nitrogens with zero attached hydrogens (tertiary/aromatic N) is 4. The van der Waals surface area contributed by atoms with Gasteiger partial charge in [0.05, 0.1) is 16.8 Å². The number of aromatic carboxylic acids is 1. The molecule has 1 heterocycles. The number of fused-ring (bicyclic) bond motifs is 1. The van der Waals surface area contributed by atoms with Gasteiger partial charge in [0, 0.05) is 21.5 Å². The Morgan fingerprint density at radius 3 is 2.71 bits per heavy atom. The first-order valence-electron chi connectivity index (χ1n) is 7.30. The van der Waals surface area contributed by atoms with Crippen LogP contribution in [-0.4, -0.2) is 16.1 Å². The van der Waals surface area contributed by atoms with Crippen LogP contribution < -0.4 is 0 Å². The Hall–Kier alpha value is -3.37. The van der Waals surface area contributed by atoms with Crippen LogP contribution in [0.4, 0.5) is 5.69 Å². The quantitative estimate of drug-likeness (QED) is 0.410. The Labute approximate surface area is 138 Å². The molecule has 0 saturated carbocycles. The van der Waals surface area contributed by atoms with Crippen molar-refractivity contribution in [1.29, 1.82) is 0 Å². The second kappa shape index (κ2) is 6.02. The van der Waals surface area contributed by atoms with Crippen LogP contribution in [0.3, 0.4) is 0 Å². The maximum atomic E-state index is 11.7. The van der Waals surface area contributed by atoms with Gasteiger partial charge in [0.1, 0.15) is 0 Å². The molecule has 6 heteroatoms. The van der Waals surface area contributed by atoms with Crippen molar-refractivity contribution >= 4 is 22.6 Å². The highest BCUT2D eigenvalue weighted by Crippen LogP contribution is 2.29. The molecule has 0 atom stereocenters. The van der Waals surface area contributed by atoms with Crippen LogP contribution in [0, 0.1) is 13.8 Å². The predicted octanol–water partition coefficient (Wildman–Crippen LogP) is 5.16. The zero-order chi connectivity index (χ0) is 17.3. The minimum atomic E-state index is -1.00. The Bertz CT molecular complexity index is 1020. The van der Waals surface area contributed by atoms with Crippen molar-refractivity contribution in [2.24, 2.45) is 5.11 Å². The van der Waals surface area contributed by atoms with Crippen LogP contribution >= 0.6 is 0 Å². The maximum absolute atomic E-state index is 11.7. The van der Waals surface area contributed by atoms with Crippen LogP contribution in [0.2, 0.25) is 0 Å². The summed E-state index contributed by atoms with van der Waals surface area (Å²) in [6.07, 6.45) is 0. The van der Waals surface area contributed by atoms with Gasteiger partial charge < -0.3 is 5.11 Å². The zero-order valence-corrected chi connectivity index (χ0v) is 13.2. The molecule has 0 unspecified atom stereocenters. The molecule has 3 aromatic rings. The summed E-state index contributed by atoms with van der Waals surface area (Å²) in [7, 11) is 0. The third-order valence-electron chi connectivity index (χ3n) is 3.78. The summed E-state index contributed by atoms with van der Waals surface area (Å²) in [5.41, 5.74) is 13.0. The van der Waals surface area contributed by atoms with Gasteiger partial charge in [-0.1, -0.05) is 34.9 Å². The maximum Gasteiger partial charge on any atom is 0.336 e. The fraction of sp³-hybridized carbons (Fsp3) is 0.111. The van der Waals surface area contributed by atoms with E-state index in [1.807, 2.05) is 26.0 Å². The van der Waals surface area contributed by atoms with Crippen LogP contribution in [0.15, 0.2) is 47.6 Å². The molecular formula is C18H14N4O2. The van der Waals surface area contributed by atoms with E-state index in [1.165, 1.54) is 0 Å². The van der Waals surface area contributed by atoms with Crippen molar-refractivity contribution in [2.45, 2.75) is 13.8 Å². The van der Waals surface area contributed by atoms with E-state index in [2.05, 4.69) is 15.0 Å². The van der Waals surface area contributed by atoms with E-state index in [1.54, 1.807) is 30.3 Å². The first-order valence-corrected chi connectivity index (χ1v) is 7.30. The average Bonchev–Trinajstić information content (AvgIpc) is 2.54. The molecule has 0 fully saturated rings. The topological polar surface area (TPSA) is 99.0 Å². The molecule has 3 rings (SSSR count). The fourth-order valence-electron chi connectivity index (χ4n) is 2.78. The van der Waals surface area contributed by atoms with Crippen molar-refractivity contribution in [2.75, 3.05) is 0 Å². The van der Waals surface area contributed by atoms with Crippen LogP contribution in [0.1, 0.15) is 21.5 Å². The molecule has 6 nitrogen and oxygen atoms in total. The summed E-state index contributed by atoms with van der Waals surface area (Å²) in [6, 6.07) is 12.3. The number of carbonyl (C=O) groups is 1. The van der Waals surface area contributed by atoms with Gasteiger partial charge in [-0.15, -0.1) is 0 Å². The molecule has 0 spiro atoms. The SMILES string of the molecule is Cc1cc(C)c2nc(-c3cccc(N=[N+]=[N-])c3)cc(C(=O)O)c2c1. The lowest BCUT2D eigenvalue weighted by Gasteiger charge is -2.10. The highest BCUT2D eigenvalue weighted by Gasteiger charge is 2.15. The molecule has 0 bridgehead atoms. The van der Waals surface area contributed by atoms with Crippen molar-refractivity contribution in [3.8, 4) is 11.3 Å². The number of aryl methyl sites for hydroxylation is 2. The summed E-state index contributed by atoms with van der Waals surface area (Å²) in [5.74, 6) is -1.00. The van der Waals surface area contributed by atoms with Gasteiger partial charge in [-0.3, -0.25) is 0 Å². The van der Waals surface area contributed by atoms with E-state index in [0.29, 0.717) is 27.8 Å². The minimum absolute atomic E-state index is 0.205. The van der Waals surface area contributed by atoms with Gasteiger partial charge in [-0.05, 0) is 43.1 Å². The normalized spacial score (nSPS) is 10.4. The first-order chi connectivity index (χ1) is 11.5. The lowest BCUT2D eigenvalue weighted by atomic mass is 10.00. The molecule has 0 saturated heterocycles. The number of pyridine rings is 1. The van der Waals surface area contributed by atoms with Gasteiger partial charge in [0.25, 0.3) is 0 Å². The highest BCUT2D eigenvalue weighted by atomic mass is 16.4. The lowest BCUT2D eigenvalue weighted by molar-refractivity contribution is 0.0699. The summed E-state index contributed by atoms with van der Waals surface area (Å²) in [4.78, 5) is 19.1. The fourth-order valence-corrected chi connectivity index (χ4v) is 2.78. The van der Waals surface area contributed by atoms with E-state index in [4.69, 9.17) is 5.53 Å². The van der Waals surface area contributed by atoms with Gasteiger partial charge in [0.2, 0.25) is 0 Å². The first kappa shape index (κ1) is 15.5. The van der Waals surface area contributed by atoms with E-state index in [9.17, 15) is 9.90 Å². The Kier molecular flexibility index (Phi) is 3.90. The Balaban J connectivity index is 2.32. The van der Waals surface area contributed by atoms with Gasteiger partial charge in [-0.25, -0.2) is 9.78 Å². The molecule has 24 heavy (non-hydrogen) atoms. The number of benzene rings is 2. The van der Waals surface area contributed by atoms with Gasteiger partial charge in [-0.2, -0.15) is 0 Å². The molecule has 0 radical (unpaired) electrons. The zero-order valence-electron chi connectivity index (χ0n) is 13.2. The number of aromatic nitrogens is 1. The number of hydrogen-bond acceptors (Lipinski definition) is 3. The lowest BCUT2D eigenvalue weighted by Crippen LogP contribution is -2.01. The number of carboxylic acid groups (broad SMARTS) is 1. The second-order valence-electron chi connectivity index (χ2n) is 5.58. The largest absolute Gasteiger partial charge is 0.478 e. The van der Waals surface area contributed by atoms with Crippen LogP contribution in [0.5, 0.6) is 0 Å². The number of rotatable bonds is 3. The van der Waals surface area contributed by atoms with E-state index >= 15 is 0 Å². The number of hydrogen-bond donors (Lipinski definition) is 1. The standard InChI is InChI=1S/C18H14N4O2/c1-10-6-11(2)17-14(7-10)15(18(23)24)9-16(20-17)12-4-3-5-13(8-12)21-22-19/h3-9H,1-2H3,(H,23,24). The molecule has 0 aliphatic carbocycles. The van der Waals surface area contributed by atoms with Crippen molar-refractivity contribution < 1.29 is 9.90 Å². The third kappa shape index (κ3) is 2.78. The molecular weight excluding hydrogens is 304 g/mol. The predicted molar refractivity (Wildman–Crippen MR) is 92.4 cm³/mol. The van der Waals surface area contributed by atoms with Gasteiger partial charge in [0.15, 0.2) is 0 Å². The van der Waals surface area contributed by atoms with Crippen LogP contribution in [0.25, 0.3) is 32.6 Å². The van der Waals surface area contributed by atoms with Crippen molar-refractivity contribution in [1.82, 2.24) is 4.98 Å². The summed E-state index contributed by atoms with van der Waals surface area (Å²) in [5, 5.41) is 13.8. The minimum Gasteiger partial charge on any atom is -0.478 e. The Morgan fingerprint density at radius 2 is 2.00 bits per heavy atom. The third-order valence-corrected chi connectivity index (χ3v) is 3.78. The second-order valence-corrected chi connectivity index (χ2v) is 5.58. The van der Waals surface area contributed by atoms with Crippen LogP contribution in [-0.2, 0) is 0 Å². The number of carboxylic acids is 1. The summed E-state index contributed by atoms with van der Waals surface area (Å²) < 4.78 is 0. The van der Waals surface area contributed by atoms with Crippen molar-refractivity contribution in [3.63, 3.8) is 0 Å². The van der Waals surface area contributed by atoms with E-state index < -0.39 is 5.97 Å².